The van der Waals surface area contributed by atoms with Gasteiger partial charge in [0.25, 0.3) is 0 Å². The molecule has 4 nitrogen and oxygen atoms in total. The molecular weight excluding hydrogens is 308 g/mol. The van der Waals surface area contributed by atoms with Crippen LogP contribution in [0.2, 0.25) is 0 Å². The number of aryl methyl sites for hydroxylation is 1. The molecule has 0 saturated carbocycles. The summed E-state index contributed by atoms with van der Waals surface area (Å²) in [4.78, 5) is 18.7. The Morgan fingerprint density at radius 1 is 1.39 bits per heavy atom. The van der Waals surface area contributed by atoms with Crippen molar-refractivity contribution in [3.8, 4) is 10.6 Å². The highest BCUT2D eigenvalue weighted by molar-refractivity contribution is 7.13. The number of aliphatic hydroxyl groups is 1. The molecule has 5 heteroatoms. The van der Waals surface area contributed by atoms with Gasteiger partial charge in [0.15, 0.2) is 0 Å². The maximum absolute atomic E-state index is 12.4. The predicted molar refractivity (Wildman–Crippen MR) is 94.5 cm³/mol. The number of carbonyl (C=O) groups excluding carboxylic acids is 1. The lowest BCUT2D eigenvalue weighted by Gasteiger charge is -2.28. The normalized spacial score (nSPS) is 11.5. The van der Waals surface area contributed by atoms with Crippen molar-refractivity contribution in [3.63, 3.8) is 0 Å². The zero-order valence-corrected chi connectivity index (χ0v) is 15.0. The minimum Gasteiger partial charge on any atom is -0.389 e. The van der Waals surface area contributed by atoms with Gasteiger partial charge in [-0.1, -0.05) is 23.8 Å². The van der Waals surface area contributed by atoms with Gasteiger partial charge in [0, 0.05) is 24.0 Å². The van der Waals surface area contributed by atoms with E-state index in [1.807, 2.05) is 24.4 Å². The second-order valence-corrected chi connectivity index (χ2v) is 7.27. The Kier molecular flexibility index (Phi) is 5.55. The van der Waals surface area contributed by atoms with Gasteiger partial charge < -0.3 is 10.0 Å². The average molecular weight is 332 g/mol. The molecule has 0 aliphatic rings. The Morgan fingerprint density at radius 3 is 2.74 bits per heavy atom. The SMILES string of the molecule is CCN(CC(C)(C)O)C(=O)Cc1csc(-c2cccc(C)c2)n1. The van der Waals surface area contributed by atoms with Crippen LogP contribution in [0.3, 0.4) is 0 Å². The summed E-state index contributed by atoms with van der Waals surface area (Å²) in [6.45, 7) is 8.30. The molecular formula is C18H24N2O2S. The highest BCUT2D eigenvalue weighted by Crippen LogP contribution is 2.24. The van der Waals surface area contributed by atoms with Gasteiger partial charge in [0.2, 0.25) is 5.91 Å². The molecule has 1 aromatic carbocycles. The molecule has 124 valence electrons. The molecule has 23 heavy (non-hydrogen) atoms. The first-order valence-corrected chi connectivity index (χ1v) is 8.68. The standard InChI is InChI=1S/C18H24N2O2S/c1-5-20(12-18(3,4)22)16(21)10-15-11-23-17(19-15)14-8-6-7-13(2)9-14/h6-9,11,22H,5,10,12H2,1-4H3. The molecule has 2 aromatic rings. The summed E-state index contributed by atoms with van der Waals surface area (Å²) in [5, 5.41) is 12.8. The van der Waals surface area contributed by atoms with Gasteiger partial charge in [-0.05, 0) is 33.8 Å². The molecule has 0 radical (unpaired) electrons. The van der Waals surface area contributed by atoms with E-state index in [1.165, 1.54) is 5.56 Å². The summed E-state index contributed by atoms with van der Waals surface area (Å²) in [5.41, 5.74) is 2.17. The first-order valence-electron chi connectivity index (χ1n) is 7.80. The molecule has 1 amide bonds. The number of hydrogen-bond acceptors (Lipinski definition) is 4. The Morgan fingerprint density at radius 2 is 2.13 bits per heavy atom. The molecule has 1 N–H and O–H groups in total. The summed E-state index contributed by atoms with van der Waals surface area (Å²) < 4.78 is 0. The number of amides is 1. The fourth-order valence-electron chi connectivity index (χ4n) is 2.41. The van der Waals surface area contributed by atoms with Crippen LogP contribution in [-0.2, 0) is 11.2 Å². The summed E-state index contributed by atoms with van der Waals surface area (Å²) in [6.07, 6.45) is 0.270. The van der Waals surface area contributed by atoms with E-state index in [2.05, 4.69) is 24.0 Å². The zero-order valence-electron chi connectivity index (χ0n) is 14.2. The highest BCUT2D eigenvalue weighted by atomic mass is 32.1. The van der Waals surface area contributed by atoms with Crippen molar-refractivity contribution >= 4 is 17.2 Å². The first kappa shape index (κ1) is 17.6. The van der Waals surface area contributed by atoms with Crippen LogP contribution in [-0.4, -0.2) is 39.6 Å². The minimum atomic E-state index is -0.888. The van der Waals surface area contributed by atoms with Crippen LogP contribution in [0.15, 0.2) is 29.6 Å². The first-order chi connectivity index (χ1) is 10.8. The number of aromatic nitrogens is 1. The van der Waals surface area contributed by atoms with E-state index in [0.29, 0.717) is 13.1 Å². The fourth-order valence-corrected chi connectivity index (χ4v) is 3.23. The highest BCUT2D eigenvalue weighted by Gasteiger charge is 2.22. The van der Waals surface area contributed by atoms with Crippen LogP contribution in [0.1, 0.15) is 32.0 Å². The smallest absolute Gasteiger partial charge is 0.228 e. The molecule has 2 rings (SSSR count). The Bertz CT molecular complexity index is 674. The quantitative estimate of drug-likeness (QED) is 0.883. The van der Waals surface area contributed by atoms with Crippen molar-refractivity contribution in [2.24, 2.45) is 0 Å². The molecule has 0 bridgehead atoms. The van der Waals surface area contributed by atoms with E-state index in [9.17, 15) is 9.90 Å². The van der Waals surface area contributed by atoms with Gasteiger partial charge in [-0.25, -0.2) is 4.98 Å². The number of likely N-dealkylation sites (N-methyl/N-ethyl adjacent to an activating group) is 1. The van der Waals surface area contributed by atoms with Gasteiger partial charge in [0.05, 0.1) is 17.7 Å². The lowest BCUT2D eigenvalue weighted by molar-refractivity contribution is -0.133. The summed E-state index contributed by atoms with van der Waals surface area (Å²) in [6, 6.07) is 8.19. The maximum Gasteiger partial charge on any atom is 0.228 e. The van der Waals surface area contributed by atoms with Crippen molar-refractivity contribution in [2.45, 2.75) is 39.7 Å². The van der Waals surface area contributed by atoms with Crippen LogP contribution >= 0.6 is 11.3 Å². The lowest BCUT2D eigenvalue weighted by atomic mass is 10.1. The van der Waals surface area contributed by atoms with E-state index >= 15 is 0 Å². The van der Waals surface area contributed by atoms with E-state index in [0.717, 1.165) is 16.3 Å². The monoisotopic (exact) mass is 332 g/mol. The molecule has 1 aromatic heterocycles. The van der Waals surface area contributed by atoms with Crippen LogP contribution in [0, 0.1) is 6.92 Å². The summed E-state index contributed by atoms with van der Waals surface area (Å²) in [5.74, 6) is -0.00397. The zero-order chi connectivity index (χ0) is 17.0. The molecule has 0 aliphatic carbocycles. The van der Waals surface area contributed by atoms with Crippen molar-refractivity contribution in [3.05, 3.63) is 40.9 Å². The van der Waals surface area contributed by atoms with Gasteiger partial charge in [0.1, 0.15) is 5.01 Å². The van der Waals surface area contributed by atoms with Gasteiger partial charge in [-0.3, -0.25) is 4.79 Å². The Hall–Kier alpha value is -1.72. The van der Waals surface area contributed by atoms with Gasteiger partial charge in [-0.2, -0.15) is 0 Å². The third-order valence-electron chi connectivity index (χ3n) is 3.46. The fraction of sp³-hybridized carbons (Fsp3) is 0.444. The van der Waals surface area contributed by atoms with Crippen LogP contribution < -0.4 is 0 Å². The van der Waals surface area contributed by atoms with Crippen molar-refractivity contribution in [2.75, 3.05) is 13.1 Å². The van der Waals surface area contributed by atoms with Crippen molar-refractivity contribution < 1.29 is 9.90 Å². The van der Waals surface area contributed by atoms with Gasteiger partial charge in [-0.15, -0.1) is 11.3 Å². The average Bonchev–Trinajstić information content (AvgIpc) is 2.92. The second-order valence-electron chi connectivity index (χ2n) is 6.41. The van der Waals surface area contributed by atoms with Gasteiger partial charge >= 0.3 is 0 Å². The number of rotatable bonds is 6. The van der Waals surface area contributed by atoms with Crippen molar-refractivity contribution in [1.82, 2.24) is 9.88 Å². The Labute approximate surface area is 141 Å². The summed E-state index contributed by atoms with van der Waals surface area (Å²) >= 11 is 1.55. The van der Waals surface area contributed by atoms with E-state index in [-0.39, 0.29) is 12.3 Å². The minimum absolute atomic E-state index is 0.00397. The topological polar surface area (TPSA) is 53.4 Å². The predicted octanol–water partition coefficient (Wildman–Crippen LogP) is 3.28. The molecule has 0 spiro atoms. The van der Waals surface area contributed by atoms with Crippen molar-refractivity contribution in [1.29, 1.82) is 0 Å². The van der Waals surface area contributed by atoms with Crippen LogP contribution in [0.25, 0.3) is 10.6 Å². The number of nitrogens with zero attached hydrogens (tertiary/aromatic N) is 2. The summed E-state index contributed by atoms with van der Waals surface area (Å²) in [7, 11) is 0. The number of hydrogen-bond donors (Lipinski definition) is 1. The number of carbonyl (C=O) groups is 1. The van der Waals surface area contributed by atoms with E-state index in [4.69, 9.17) is 0 Å². The molecule has 0 saturated heterocycles. The van der Waals surface area contributed by atoms with E-state index in [1.54, 1.807) is 30.1 Å². The molecule has 0 atom stereocenters. The van der Waals surface area contributed by atoms with E-state index < -0.39 is 5.60 Å². The van der Waals surface area contributed by atoms with Crippen LogP contribution in [0.4, 0.5) is 0 Å². The number of benzene rings is 1. The largest absolute Gasteiger partial charge is 0.389 e. The third-order valence-corrected chi connectivity index (χ3v) is 4.40. The third kappa shape index (κ3) is 5.15. The number of thiazole rings is 1. The Balaban J connectivity index is 2.07. The second kappa shape index (κ2) is 7.23. The lowest BCUT2D eigenvalue weighted by Crippen LogP contribution is -2.42. The molecule has 1 heterocycles. The maximum atomic E-state index is 12.4. The van der Waals surface area contributed by atoms with Crippen LogP contribution in [0.5, 0.6) is 0 Å². The molecule has 0 unspecified atom stereocenters. The molecule has 0 aliphatic heterocycles. The molecule has 0 fully saturated rings.